The van der Waals surface area contributed by atoms with E-state index < -0.39 is 17.5 Å². The molecule has 0 aromatic carbocycles. The van der Waals surface area contributed by atoms with Gasteiger partial charge in [0.05, 0.1) is 12.7 Å². The number of aromatic amines is 1. The standard InChI is InChI=1S/C18H28N2O4/c1-6-12-14(16(21)23-5)13(10-19-9-11-7-8-11)20-15(12)17(22)24-18(2,3)4/h11,19-20H,6-10H2,1-5H3. The second-order valence-electron chi connectivity index (χ2n) is 7.25. The van der Waals surface area contributed by atoms with Crippen LogP contribution in [0.25, 0.3) is 0 Å². The molecule has 1 saturated carbocycles. The van der Waals surface area contributed by atoms with Crippen molar-refractivity contribution in [3.8, 4) is 0 Å². The van der Waals surface area contributed by atoms with E-state index in [-0.39, 0.29) is 0 Å². The first-order valence-electron chi connectivity index (χ1n) is 8.52. The summed E-state index contributed by atoms with van der Waals surface area (Å²) in [6, 6.07) is 0. The maximum Gasteiger partial charge on any atom is 0.355 e. The van der Waals surface area contributed by atoms with Crippen LogP contribution < -0.4 is 5.32 Å². The minimum absolute atomic E-state index is 0.344. The van der Waals surface area contributed by atoms with Gasteiger partial charge in [0.2, 0.25) is 0 Å². The first kappa shape index (κ1) is 18.5. The molecule has 1 fully saturated rings. The van der Waals surface area contributed by atoms with E-state index in [4.69, 9.17) is 9.47 Å². The SMILES string of the molecule is CCc1c(C(=O)OC(C)(C)C)[nH]c(CNCC2CC2)c1C(=O)OC. The van der Waals surface area contributed by atoms with E-state index in [2.05, 4.69) is 10.3 Å². The number of rotatable bonds is 7. The maximum atomic E-state index is 12.5. The van der Waals surface area contributed by atoms with Gasteiger partial charge < -0.3 is 19.8 Å². The molecule has 1 heterocycles. The molecule has 0 bridgehead atoms. The summed E-state index contributed by atoms with van der Waals surface area (Å²) >= 11 is 0. The van der Waals surface area contributed by atoms with E-state index in [1.807, 2.05) is 27.7 Å². The molecule has 1 aliphatic rings. The molecule has 0 radical (unpaired) electrons. The minimum Gasteiger partial charge on any atom is -0.465 e. The fourth-order valence-corrected chi connectivity index (χ4v) is 2.66. The predicted octanol–water partition coefficient (Wildman–Crippen LogP) is 2.82. The van der Waals surface area contributed by atoms with Gasteiger partial charge in [-0.05, 0) is 58.1 Å². The topological polar surface area (TPSA) is 80.4 Å². The van der Waals surface area contributed by atoms with Gasteiger partial charge in [0, 0.05) is 12.2 Å². The normalized spacial score (nSPS) is 14.5. The molecule has 2 N–H and O–H groups in total. The second kappa shape index (κ2) is 7.38. The van der Waals surface area contributed by atoms with Crippen LogP contribution in [0.4, 0.5) is 0 Å². The molecule has 0 amide bonds. The van der Waals surface area contributed by atoms with E-state index in [1.54, 1.807) is 0 Å². The summed E-state index contributed by atoms with van der Waals surface area (Å²) in [6.07, 6.45) is 3.05. The molecule has 1 aliphatic carbocycles. The largest absolute Gasteiger partial charge is 0.465 e. The molecule has 134 valence electrons. The van der Waals surface area contributed by atoms with E-state index >= 15 is 0 Å². The van der Waals surface area contributed by atoms with Crippen molar-refractivity contribution in [2.24, 2.45) is 5.92 Å². The molecular weight excluding hydrogens is 308 g/mol. The molecular formula is C18H28N2O4. The van der Waals surface area contributed by atoms with Crippen molar-refractivity contribution >= 4 is 11.9 Å². The van der Waals surface area contributed by atoms with Crippen LogP contribution in [0.3, 0.4) is 0 Å². The zero-order chi connectivity index (χ0) is 17.9. The minimum atomic E-state index is -0.594. The zero-order valence-corrected chi connectivity index (χ0v) is 15.2. The highest BCUT2D eigenvalue weighted by atomic mass is 16.6. The fraction of sp³-hybridized carbons (Fsp3) is 0.667. The van der Waals surface area contributed by atoms with Crippen LogP contribution >= 0.6 is 0 Å². The van der Waals surface area contributed by atoms with Crippen LogP contribution in [0.5, 0.6) is 0 Å². The van der Waals surface area contributed by atoms with Gasteiger partial charge in [-0.1, -0.05) is 6.92 Å². The van der Waals surface area contributed by atoms with Gasteiger partial charge >= 0.3 is 11.9 Å². The average molecular weight is 336 g/mol. The van der Waals surface area contributed by atoms with Gasteiger partial charge in [0.25, 0.3) is 0 Å². The average Bonchev–Trinajstić information content (AvgIpc) is 3.23. The van der Waals surface area contributed by atoms with Crippen molar-refractivity contribution < 1.29 is 19.1 Å². The summed E-state index contributed by atoms with van der Waals surface area (Å²) in [5.41, 5.74) is 1.53. The quantitative estimate of drug-likeness (QED) is 0.748. The molecule has 6 heteroatoms. The second-order valence-corrected chi connectivity index (χ2v) is 7.25. The van der Waals surface area contributed by atoms with E-state index in [0.29, 0.717) is 35.5 Å². The fourth-order valence-electron chi connectivity index (χ4n) is 2.66. The number of esters is 2. The van der Waals surface area contributed by atoms with Gasteiger partial charge in [0.15, 0.2) is 0 Å². The van der Waals surface area contributed by atoms with Crippen LogP contribution in [0, 0.1) is 5.92 Å². The van der Waals surface area contributed by atoms with Gasteiger partial charge in [-0.15, -0.1) is 0 Å². The number of ether oxygens (including phenoxy) is 2. The maximum absolute atomic E-state index is 12.5. The summed E-state index contributed by atoms with van der Waals surface area (Å²) in [7, 11) is 1.35. The predicted molar refractivity (Wildman–Crippen MR) is 91.1 cm³/mol. The van der Waals surface area contributed by atoms with Gasteiger partial charge in [-0.3, -0.25) is 0 Å². The molecule has 1 aromatic rings. The third-order valence-electron chi connectivity index (χ3n) is 3.96. The number of nitrogens with one attached hydrogen (secondary N) is 2. The van der Waals surface area contributed by atoms with Crippen LogP contribution in [-0.2, 0) is 22.4 Å². The molecule has 0 saturated heterocycles. The van der Waals surface area contributed by atoms with Crippen molar-refractivity contribution in [3.63, 3.8) is 0 Å². The smallest absolute Gasteiger partial charge is 0.355 e. The number of H-pyrrole nitrogens is 1. The van der Waals surface area contributed by atoms with Gasteiger partial charge in [-0.25, -0.2) is 9.59 Å². The lowest BCUT2D eigenvalue weighted by Gasteiger charge is -2.19. The summed E-state index contributed by atoms with van der Waals surface area (Å²) in [5, 5.41) is 3.34. The molecule has 1 aromatic heterocycles. The number of hydrogen-bond acceptors (Lipinski definition) is 5. The number of carbonyl (C=O) groups is 2. The number of carbonyl (C=O) groups excluding carboxylic acids is 2. The van der Waals surface area contributed by atoms with Crippen molar-refractivity contribution in [1.82, 2.24) is 10.3 Å². The van der Waals surface area contributed by atoms with Crippen molar-refractivity contribution in [2.75, 3.05) is 13.7 Å². The van der Waals surface area contributed by atoms with E-state index in [0.717, 1.165) is 12.5 Å². The monoisotopic (exact) mass is 336 g/mol. The highest BCUT2D eigenvalue weighted by Gasteiger charge is 2.29. The van der Waals surface area contributed by atoms with E-state index in [1.165, 1.54) is 20.0 Å². The first-order valence-corrected chi connectivity index (χ1v) is 8.52. The Morgan fingerprint density at radius 3 is 2.42 bits per heavy atom. The van der Waals surface area contributed by atoms with Crippen molar-refractivity contribution in [2.45, 2.75) is 59.1 Å². The van der Waals surface area contributed by atoms with Crippen LogP contribution in [-0.4, -0.2) is 36.2 Å². The molecule has 24 heavy (non-hydrogen) atoms. The Labute approximate surface area is 143 Å². The Kier molecular flexibility index (Phi) is 5.70. The number of hydrogen-bond donors (Lipinski definition) is 2. The van der Waals surface area contributed by atoms with Crippen LogP contribution in [0.15, 0.2) is 0 Å². The van der Waals surface area contributed by atoms with Gasteiger partial charge in [0.1, 0.15) is 11.3 Å². The third-order valence-corrected chi connectivity index (χ3v) is 3.96. The Morgan fingerprint density at radius 1 is 1.25 bits per heavy atom. The third kappa shape index (κ3) is 4.60. The Hall–Kier alpha value is -1.82. The Morgan fingerprint density at radius 2 is 1.92 bits per heavy atom. The molecule has 0 spiro atoms. The van der Waals surface area contributed by atoms with Crippen molar-refractivity contribution in [3.05, 3.63) is 22.5 Å². The Bertz CT molecular complexity index is 609. The molecule has 0 unspecified atom stereocenters. The summed E-state index contributed by atoms with van der Waals surface area (Å²) in [4.78, 5) is 27.8. The highest BCUT2D eigenvalue weighted by Crippen LogP contribution is 2.28. The lowest BCUT2D eigenvalue weighted by atomic mass is 10.1. The molecule has 6 nitrogen and oxygen atoms in total. The molecule has 2 rings (SSSR count). The molecule has 0 atom stereocenters. The van der Waals surface area contributed by atoms with E-state index in [9.17, 15) is 9.59 Å². The van der Waals surface area contributed by atoms with Crippen LogP contribution in [0.2, 0.25) is 0 Å². The number of aromatic nitrogens is 1. The lowest BCUT2D eigenvalue weighted by molar-refractivity contribution is 0.00622. The number of methoxy groups -OCH3 is 1. The lowest BCUT2D eigenvalue weighted by Crippen LogP contribution is -2.24. The summed E-state index contributed by atoms with van der Waals surface area (Å²) in [6.45, 7) is 8.78. The van der Waals surface area contributed by atoms with Crippen LogP contribution in [0.1, 0.15) is 72.6 Å². The Balaban J connectivity index is 2.29. The van der Waals surface area contributed by atoms with Gasteiger partial charge in [-0.2, -0.15) is 0 Å². The molecule has 0 aliphatic heterocycles. The zero-order valence-electron chi connectivity index (χ0n) is 15.2. The first-order chi connectivity index (χ1) is 11.3. The van der Waals surface area contributed by atoms with Crippen molar-refractivity contribution in [1.29, 1.82) is 0 Å². The highest BCUT2D eigenvalue weighted by molar-refractivity contribution is 5.98. The summed E-state index contributed by atoms with van der Waals surface area (Å²) in [5.74, 6) is -0.142. The summed E-state index contributed by atoms with van der Waals surface area (Å²) < 4.78 is 10.4.